The van der Waals surface area contributed by atoms with Gasteiger partial charge in [0.15, 0.2) is 0 Å². The van der Waals surface area contributed by atoms with E-state index >= 15 is 0 Å². The number of amidine groups is 1. The summed E-state index contributed by atoms with van der Waals surface area (Å²) >= 11 is 0. The first-order valence-corrected chi connectivity index (χ1v) is 9.76. The Labute approximate surface area is 159 Å². The average molecular weight is 411 g/mol. The molecular formula is C18H16F3N3O3S. The van der Waals surface area contributed by atoms with E-state index < -0.39 is 27.7 Å². The summed E-state index contributed by atoms with van der Waals surface area (Å²) in [5, 5.41) is 5.32. The molecule has 0 spiro atoms. The largest absolute Gasteiger partial charge is 0.416 e. The monoisotopic (exact) mass is 411 g/mol. The first-order chi connectivity index (χ1) is 13.1. The zero-order valence-electron chi connectivity index (χ0n) is 14.5. The number of amides is 1. The van der Waals surface area contributed by atoms with Crippen molar-refractivity contribution in [3.63, 3.8) is 0 Å². The Morgan fingerprint density at radius 1 is 1.11 bits per heavy atom. The third-order valence-corrected chi connectivity index (χ3v) is 5.34. The fraction of sp³-hybridized carbons (Fsp3) is 0.222. The summed E-state index contributed by atoms with van der Waals surface area (Å²) in [6.45, 7) is 0. The second-order valence-corrected chi connectivity index (χ2v) is 7.69. The lowest BCUT2D eigenvalue weighted by atomic mass is 10.1. The topological polar surface area (TPSA) is 87.6 Å². The van der Waals surface area contributed by atoms with Crippen LogP contribution in [0, 0.1) is 0 Å². The van der Waals surface area contributed by atoms with Crippen LogP contribution < -0.4 is 10.6 Å². The molecule has 0 unspecified atom stereocenters. The number of hydrogen-bond donors (Lipinski definition) is 2. The summed E-state index contributed by atoms with van der Waals surface area (Å²) in [5.41, 5.74) is -0.389. The second-order valence-electron chi connectivity index (χ2n) is 6.11. The van der Waals surface area contributed by atoms with Gasteiger partial charge in [-0.1, -0.05) is 18.2 Å². The summed E-state index contributed by atoms with van der Waals surface area (Å²) in [7, 11) is -3.79. The van der Waals surface area contributed by atoms with E-state index in [1.165, 1.54) is 18.2 Å². The predicted octanol–water partition coefficient (Wildman–Crippen LogP) is 4.03. The maximum Gasteiger partial charge on any atom is 0.416 e. The van der Waals surface area contributed by atoms with Gasteiger partial charge in [-0.25, -0.2) is 0 Å². The van der Waals surface area contributed by atoms with Gasteiger partial charge in [-0.05, 0) is 36.8 Å². The molecule has 6 nitrogen and oxygen atoms in total. The summed E-state index contributed by atoms with van der Waals surface area (Å²) < 4.78 is 66.1. The third kappa shape index (κ3) is 4.69. The lowest BCUT2D eigenvalue weighted by molar-refractivity contribution is -0.137. The maximum atomic E-state index is 12.7. The molecule has 1 heterocycles. The Morgan fingerprint density at radius 2 is 1.86 bits per heavy atom. The molecule has 0 fully saturated rings. The quantitative estimate of drug-likeness (QED) is 0.778. The summed E-state index contributed by atoms with van der Waals surface area (Å²) in [5.74, 6) is -0.260. The van der Waals surface area contributed by atoms with E-state index in [0.29, 0.717) is 5.69 Å². The van der Waals surface area contributed by atoms with E-state index in [0.717, 1.165) is 12.1 Å². The number of fused-ring (bicyclic) bond motifs is 1. The van der Waals surface area contributed by atoms with Gasteiger partial charge in [0.05, 0.1) is 11.3 Å². The molecule has 28 heavy (non-hydrogen) atoms. The van der Waals surface area contributed by atoms with Crippen molar-refractivity contribution in [2.75, 3.05) is 10.6 Å². The normalized spacial score (nSPS) is 15.2. The van der Waals surface area contributed by atoms with Gasteiger partial charge in [-0.3, -0.25) is 4.79 Å². The molecular weight excluding hydrogens is 395 g/mol. The number of para-hydroxylation sites is 1. The van der Waals surface area contributed by atoms with Gasteiger partial charge >= 0.3 is 6.18 Å². The number of sulfonamides is 1. The molecule has 0 saturated heterocycles. The van der Waals surface area contributed by atoms with Gasteiger partial charge < -0.3 is 10.6 Å². The van der Waals surface area contributed by atoms with E-state index in [4.69, 9.17) is 0 Å². The summed E-state index contributed by atoms with van der Waals surface area (Å²) in [6, 6.07) is 10.7. The Hall–Kier alpha value is -2.88. The molecule has 3 rings (SSSR count). The number of benzene rings is 2. The highest BCUT2D eigenvalue weighted by molar-refractivity contribution is 7.90. The molecule has 2 aromatic carbocycles. The summed E-state index contributed by atoms with van der Waals surface area (Å²) in [4.78, 5) is 12.1. The number of carbonyl (C=O) groups excluding carboxylic acids is 1. The molecule has 10 heteroatoms. The van der Waals surface area contributed by atoms with Crippen LogP contribution in [0.2, 0.25) is 0 Å². The minimum Gasteiger partial charge on any atom is -0.342 e. The molecule has 1 amide bonds. The standard InChI is InChI=1S/C18H16F3N3O3S/c19-18(20,21)12-5-3-6-13(11-12)22-17(25)10-4-9-16-23-14-7-1-2-8-15(14)28(26,27)24-16/h1-3,5-8,11H,4,9-10H2,(H,22,25)(H,23,24). The van der Waals surface area contributed by atoms with Gasteiger partial charge in [0.25, 0.3) is 10.0 Å². The Kier molecular flexibility index (Phi) is 5.41. The van der Waals surface area contributed by atoms with Crippen LogP contribution in [-0.4, -0.2) is 20.2 Å². The Morgan fingerprint density at radius 3 is 2.61 bits per heavy atom. The zero-order chi connectivity index (χ0) is 20.4. The Balaban J connectivity index is 1.56. The van der Waals surface area contributed by atoms with E-state index in [1.807, 2.05) is 0 Å². The van der Waals surface area contributed by atoms with Crippen LogP contribution >= 0.6 is 0 Å². The Bertz CT molecular complexity index is 1030. The molecule has 0 saturated carbocycles. The maximum absolute atomic E-state index is 12.7. The molecule has 2 N–H and O–H groups in total. The van der Waals surface area contributed by atoms with E-state index in [2.05, 4.69) is 15.0 Å². The zero-order valence-corrected chi connectivity index (χ0v) is 15.3. The van der Waals surface area contributed by atoms with Gasteiger partial charge in [0.1, 0.15) is 10.7 Å². The number of nitrogens with one attached hydrogen (secondary N) is 2. The molecule has 0 atom stereocenters. The predicted molar refractivity (Wildman–Crippen MR) is 98.6 cm³/mol. The smallest absolute Gasteiger partial charge is 0.342 e. The second kappa shape index (κ2) is 7.63. The van der Waals surface area contributed by atoms with Crippen molar-refractivity contribution >= 4 is 33.1 Å². The molecule has 148 valence electrons. The van der Waals surface area contributed by atoms with Crippen molar-refractivity contribution in [2.24, 2.45) is 4.40 Å². The first kappa shape index (κ1) is 19.9. The van der Waals surface area contributed by atoms with Crippen LogP contribution in [0.4, 0.5) is 24.5 Å². The average Bonchev–Trinajstić information content (AvgIpc) is 2.61. The molecule has 0 aliphatic carbocycles. The fourth-order valence-electron chi connectivity index (χ4n) is 2.69. The molecule has 0 aromatic heterocycles. The number of halogens is 3. The van der Waals surface area contributed by atoms with Gasteiger partial charge in [-0.2, -0.15) is 21.6 Å². The number of rotatable bonds is 5. The van der Waals surface area contributed by atoms with Crippen molar-refractivity contribution in [2.45, 2.75) is 30.3 Å². The first-order valence-electron chi connectivity index (χ1n) is 8.32. The fourth-order valence-corrected chi connectivity index (χ4v) is 3.86. The van der Waals surface area contributed by atoms with Gasteiger partial charge in [0.2, 0.25) is 5.91 Å². The van der Waals surface area contributed by atoms with Gasteiger partial charge in [0, 0.05) is 18.5 Å². The van der Waals surface area contributed by atoms with Crippen molar-refractivity contribution in [1.29, 1.82) is 0 Å². The van der Waals surface area contributed by atoms with E-state index in [-0.39, 0.29) is 35.7 Å². The lowest BCUT2D eigenvalue weighted by Crippen LogP contribution is -2.22. The van der Waals surface area contributed by atoms with Crippen LogP contribution in [0.3, 0.4) is 0 Å². The van der Waals surface area contributed by atoms with E-state index in [1.54, 1.807) is 18.2 Å². The lowest BCUT2D eigenvalue weighted by Gasteiger charge is -2.17. The van der Waals surface area contributed by atoms with Crippen molar-refractivity contribution < 1.29 is 26.4 Å². The highest BCUT2D eigenvalue weighted by Gasteiger charge is 2.30. The van der Waals surface area contributed by atoms with Crippen LogP contribution in [0.15, 0.2) is 57.8 Å². The molecule has 1 aliphatic heterocycles. The molecule has 2 aromatic rings. The van der Waals surface area contributed by atoms with Crippen LogP contribution in [0.1, 0.15) is 24.8 Å². The highest BCUT2D eigenvalue weighted by Crippen LogP contribution is 2.31. The molecule has 0 radical (unpaired) electrons. The van der Waals surface area contributed by atoms with Crippen LogP contribution in [0.5, 0.6) is 0 Å². The number of anilines is 2. The van der Waals surface area contributed by atoms with Crippen molar-refractivity contribution in [3.8, 4) is 0 Å². The van der Waals surface area contributed by atoms with Gasteiger partial charge in [-0.15, -0.1) is 4.40 Å². The summed E-state index contributed by atoms with van der Waals surface area (Å²) in [6.07, 6.45) is -4.02. The minimum absolute atomic E-state index is 0.00135. The molecule has 0 bridgehead atoms. The number of carbonyl (C=O) groups is 1. The van der Waals surface area contributed by atoms with Crippen molar-refractivity contribution in [3.05, 3.63) is 54.1 Å². The number of hydrogen-bond acceptors (Lipinski definition) is 4. The SMILES string of the molecule is O=C(CCCC1=NS(=O)(=O)c2ccccc2N1)Nc1cccc(C(F)(F)F)c1. The highest BCUT2D eigenvalue weighted by atomic mass is 32.2. The molecule has 1 aliphatic rings. The van der Waals surface area contributed by atoms with Crippen molar-refractivity contribution in [1.82, 2.24) is 0 Å². The van der Waals surface area contributed by atoms with Crippen LogP contribution in [-0.2, 0) is 21.0 Å². The third-order valence-electron chi connectivity index (χ3n) is 3.97. The number of nitrogens with zero attached hydrogens (tertiary/aromatic N) is 1. The van der Waals surface area contributed by atoms with Crippen LogP contribution in [0.25, 0.3) is 0 Å². The minimum atomic E-state index is -4.49. The number of alkyl halides is 3. The van der Waals surface area contributed by atoms with E-state index in [9.17, 15) is 26.4 Å².